The summed E-state index contributed by atoms with van der Waals surface area (Å²) in [5.41, 5.74) is 0.437. The van der Waals surface area contributed by atoms with Crippen LogP contribution in [0.5, 0.6) is 0 Å². The van der Waals surface area contributed by atoms with Crippen molar-refractivity contribution < 1.29 is 9.18 Å². The summed E-state index contributed by atoms with van der Waals surface area (Å²) in [6.07, 6.45) is 0. The fourth-order valence-corrected chi connectivity index (χ4v) is 3.25. The predicted molar refractivity (Wildman–Crippen MR) is 87.2 cm³/mol. The fraction of sp³-hybridized carbons (Fsp3) is 0.267. The molecular weight excluding hydrogens is 355 g/mol. The van der Waals surface area contributed by atoms with Crippen molar-refractivity contribution in [1.29, 1.82) is 0 Å². The number of nitrogens with one attached hydrogen (secondary N) is 1. The van der Waals surface area contributed by atoms with Crippen LogP contribution in [0.4, 0.5) is 4.39 Å². The van der Waals surface area contributed by atoms with E-state index in [1.807, 2.05) is 25.5 Å². The number of hydrogen-bond acceptors (Lipinski definition) is 3. The first-order chi connectivity index (χ1) is 9.99. The van der Waals surface area contributed by atoms with E-state index in [2.05, 4.69) is 32.2 Å². The molecular formula is C15H16BrFN2OS. The standard InChI is InChI=1S/C15H16BrFN2OS/c1-19(2)13(14-4-3-7-21-14)9-18-15(20)10-5-6-12(17)11(16)8-10/h3-8,13H,9H2,1-2H3,(H,18,20). The number of halogens is 2. The Morgan fingerprint density at radius 3 is 2.76 bits per heavy atom. The van der Waals surface area contributed by atoms with Gasteiger partial charge in [0, 0.05) is 17.0 Å². The minimum Gasteiger partial charge on any atom is -0.350 e. The van der Waals surface area contributed by atoms with Crippen molar-refractivity contribution in [2.45, 2.75) is 6.04 Å². The quantitative estimate of drug-likeness (QED) is 0.870. The van der Waals surface area contributed by atoms with Crippen molar-refractivity contribution in [3.63, 3.8) is 0 Å². The average molecular weight is 371 g/mol. The second-order valence-electron chi connectivity index (χ2n) is 4.83. The topological polar surface area (TPSA) is 32.3 Å². The molecule has 1 atom stereocenters. The Morgan fingerprint density at radius 2 is 2.19 bits per heavy atom. The first-order valence-electron chi connectivity index (χ1n) is 6.42. The van der Waals surface area contributed by atoms with Gasteiger partial charge < -0.3 is 10.2 Å². The number of carbonyl (C=O) groups is 1. The van der Waals surface area contributed by atoms with E-state index in [0.29, 0.717) is 12.1 Å². The highest BCUT2D eigenvalue weighted by molar-refractivity contribution is 9.10. The third-order valence-electron chi connectivity index (χ3n) is 3.13. The van der Waals surface area contributed by atoms with E-state index in [1.165, 1.54) is 23.1 Å². The van der Waals surface area contributed by atoms with Gasteiger partial charge in [-0.05, 0) is 59.7 Å². The lowest BCUT2D eigenvalue weighted by molar-refractivity contribution is 0.0942. The molecule has 6 heteroatoms. The zero-order valence-electron chi connectivity index (χ0n) is 11.8. The minimum absolute atomic E-state index is 0.123. The maximum atomic E-state index is 13.2. The summed E-state index contributed by atoms with van der Waals surface area (Å²) < 4.78 is 13.5. The summed E-state index contributed by atoms with van der Waals surface area (Å²) in [5, 5.41) is 4.92. The van der Waals surface area contributed by atoms with Gasteiger partial charge in [0.1, 0.15) is 5.82 Å². The normalized spacial score (nSPS) is 12.4. The molecule has 0 bridgehead atoms. The molecule has 0 aliphatic heterocycles. The first kappa shape index (κ1) is 16.1. The van der Waals surface area contributed by atoms with E-state index in [-0.39, 0.29) is 22.2 Å². The lowest BCUT2D eigenvalue weighted by Crippen LogP contribution is -2.34. The van der Waals surface area contributed by atoms with Crippen molar-refractivity contribution in [2.24, 2.45) is 0 Å². The smallest absolute Gasteiger partial charge is 0.251 e. The molecule has 0 spiro atoms. The number of rotatable bonds is 5. The highest BCUT2D eigenvalue weighted by Crippen LogP contribution is 2.22. The molecule has 0 saturated heterocycles. The molecule has 0 aliphatic carbocycles. The summed E-state index contributed by atoms with van der Waals surface area (Å²) in [7, 11) is 3.95. The maximum absolute atomic E-state index is 13.2. The Labute approximate surface area is 135 Å². The van der Waals surface area contributed by atoms with Crippen LogP contribution in [-0.4, -0.2) is 31.4 Å². The van der Waals surface area contributed by atoms with Crippen LogP contribution in [0.1, 0.15) is 21.3 Å². The molecule has 1 heterocycles. The van der Waals surface area contributed by atoms with Crippen molar-refractivity contribution in [2.75, 3.05) is 20.6 Å². The summed E-state index contributed by atoms with van der Waals surface area (Å²) in [5.74, 6) is -0.588. The summed E-state index contributed by atoms with van der Waals surface area (Å²) in [6, 6.07) is 8.41. The van der Waals surface area contributed by atoms with Gasteiger partial charge in [0.15, 0.2) is 0 Å². The highest BCUT2D eigenvalue weighted by Gasteiger charge is 2.17. The van der Waals surface area contributed by atoms with Gasteiger partial charge >= 0.3 is 0 Å². The van der Waals surface area contributed by atoms with E-state index in [0.717, 1.165) is 0 Å². The molecule has 3 nitrogen and oxygen atoms in total. The van der Waals surface area contributed by atoms with Crippen LogP contribution in [-0.2, 0) is 0 Å². The Hall–Kier alpha value is -1.24. The molecule has 1 aromatic carbocycles. The van der Waals surface area contributed by atoms with Crippen LogP contribution in [0.15, 0.2) is 40.2 Å². The SMILES string of the molecule is CN(C)C(CNC(=O)c1ccc(F)c(Br)c1)c1cccs1. The number of likely N-dealkylation sites (N-methyl/N-ethyl adjacent to an activating group) is 1. The molecule has 1 aromatic heterocycles. The van der Waals surface area contributed by atoms with Crippen molar-refractivity contribution in [3.8, 4) is 0 Å². The van der Waals surface area contributed by atoms with Gasteiger partial charge in [0.2, 0.25) is 0 Å². The minimum atomic E-state index is -0.378. The molecule has 1 unspecified atom stereocenters. The lowest BCUT2D eigenvalue weighted by Gasteiger charge is -2.23. The van der Waals surface area contributed by atoms with Crippen LogP contribution in [0.3, 0.4) is 0 Å². The van der Waals surface area contributed by atoms with Gasteiger partial charge in [-0.3, -0.25) is 4.79 Å². The Balaban J connectivity index is 2.03. The zero-order chi connectivity index (χ0) is 15.4. The molecule has 0 saturated carbocycles. The summed E-state index contributed by atoms with van der Waals surface area (Å²) in [6.45, 7) is 0.501. The Kier molecular flexibility index (Phi) is 5.50. The van der Waals surface area contributed by atoms with E-state index in [1.54, 1.807) is 11.3 Å². The van der Waals surface area contributed by atoms with Crippen LogP contribution < -0.4 is 5.32 Å². The van der Waals surface area contributed by atoms with Gasteiger partial charge in [0.25, 0.3) is 5.91 Å². The van der Waals surface area contributed by atoms with Crippen LogP contribution in [0.2, 0.25) is 0 Å². The number of carbonyl (C=O) groups excluding carboxylic acids is 1. The highest BCUT2D eigenvalue weighted by atomic mass is 79.9. The summed E-state index contributed by atoms with van der Waals surface area (Å²) >= 11 is 4.75. The third kappa shape index (κ3) is 4.12. The van der Waals surface area contributed by atoms with E-state index < -0.39 is 0 Å². The van der Waals surface area contributed by atoms with Gasteiger partial charge in [0.05, 0.1) is 10.5 Å². The molecule has 21 heavy (non-hydrogen) atoms. The van der Waals surface area contributed by atoms with Crippen molar-refractivity contribution in [1.82, 2.24) is 10.2 Å². The molecule has 0 aliphatic rings. The van der Waals surface area contributed by atoms with E-state index >= 15 is 0 Å². The summed E-state index contributed by atoms with van der Waals surface area (Å²) in [4.78, 5) is 15.4. The number of thiophene rings is 1. The molecule has 2 aromatic rings. The van der Waals surface area contributed by atoms with Gasteiger partial charge in [-0.1, -0.05) is 6.07 Å². The average Bonchev–Trinajstić information content (AvgIpc) is 2.95. The van der Waals surface area contributed by atoms with Crippen molar-refractivity contribution in [3.05, 3.63) is 56.4 Å². The fourth-order valence-electron chi connectivity index (χ4n) is 1.95. The largest absolute Gasteiger partial charge is 0.350 e. The van der Waals surface area contributed by atoms with Gasteiger partial charge in [-0.2, -0.15) is 0 Å². The Morgan fingerprint density at radius 1 is 1.43 bits per heavy atom. The first-order valence-corrected chi connectivity index (χ1v) is 8.09. The third-order valence-corrected chi connectivity index (χ3v) is 4.71. The molecule has 112 valence electrons. The second kappa shape index (κ2) is 7.15. The molecule has 1 amide bonds. The van der Waals surface area contributed by atoms with Gasteiger partial charge in [-0.15, -0.1) is 11.3 Å². The lowest BCUT2D eigenvalue weighted by atomic mass is 10.2. The van der Waals surface area contributed by atoms with Crippen LogP contribution in [0, 0.1) is 5.82 Å². The van der Waals surface area contributed by atoms with Crippen LogP contribution >= 0.6 is 27.3 Å². The molecule has 0 fully saturated rings. The number of amides is 1. The number of hydrogen-bond donors (Lipinski definition) is 1. The zero-order valence-corrected chi connectivity index (χ0v) is 14.2. The monoisotopic (exact) mass is 370 g/mol. The van der Waals surface area contributed by atoms with Crippen molar-refractivity contribution >= 4 is 33.2 Å². The number of nitrogens with zero attached hydrogens (tertiary/aromatic N) is 1. The Bertz CT molecular complexity index is 616. The van der Waals surface area contributed by atoms with Crippen LogP contribution in [0.25, 0.3) is 0 Å². The molecule has 1 N–H and O–H groups in total. The maximum Gasteiger partial charge on any atom is 0.251 e. The van der Waals surface area contributed by atoms with Gasteiger partial charge in [-0.25, -0.2) is 4.39 Å². The molecule has 2 rings (SSSR count). The molecule has 0 radical (unpaired) electrons. The second-order valence-corrected chi connectivity index (χ2v) is 6.67. The van der Waals surface area contributed by atoms with E-state index in [4.69, 9.17) is 0 Å². The number of benzene rings is 1. The van der Waals surface area contributed by atoms with E-state index in [9.17, 15) is 9.18 Å². The predicted octanol–water partition coefficient (Wildman–Crippen LogP) is 3.68.